The van der Waals surface area contributed by atoms with Gasteiger partial charge in [-0.2, -0.15) is 13.2 Å². The first kappa shape index (κ1) is 19.6. The number of benzene rings is 2. The SMILES string of the molecule is CC(=O)c1cccc(NC(=O)C2(C(=O)Nc3cccc(C(F)(F)F)c3)CC2)c1. The van der Waals surface area contributed by atoms with Crippen LogP contribution in [0.25, 0.3) is 0 Å². The maximum Gasteiger partial charge on any atom is 0.416 e. The first-order valence-electron chi connectivity index (χ1n) is 8.53. The van der Waals surface area contributed by atoms with Gasteiger partial charge in [-0.05, 0) is 50.1 Å². The minimum absolute atomic E-state index is 0.0301. The number of carbonyl (C=O) groups excluding carboxylic acids is 3. The van der Waals surface area contributed by atoms with Gasteiger partial charge in [0.1, 0.15) is 5.41 Å². The average Bonchev–Trinajstić information content (AvgIpc) is 3.43. The van der Waals surface area contributed by atoms with Crippen LogP contribution >= 0.6 is 0 Å². The summed E-state index contributed by atoms with van der Waals surface area (Å²) in [4.78, 5) is 36.6. The Kier molecular flexibility index (Phi) is 4.97. The number of alkyl halides is 3. The number of amides is 2. The molecule has 0 unspecified atom stereocenters. The molecule has 3 rings (SSSR count). The Balaban J connectivity index is 1.73. The van der Waals surface area contributed by atoms with Gasteiger partial charge in [0, 0.05) is 16.9 Å². The van der Waals surface area contributed by atoms with Gasteiger partial charge in [0.2, 0.25) is 11.8 Å². The zero-order valence-electron chi connectivity index (χ0n) is 14.9. The molecule has 5 nitrogen and oxygen atoms in total. The molecule has 1 fully saturated rings. The van der Waals surface area contributed by atoms with Gasteiger partial charge < -0.3 is 10.6 Å². The zero-order chi connectivity index (χ0) is 20.5. The lowest BCUT2D eigenvalue weighted by Gasteiger charge is -2.16. The summed E-state index contributed by atoms with van der Waals surface area (Å²) in [7, 11) is 0. The van der Waals surface area contributed by atoms with Gasteiger partial charge in [0.15, 0.2) is 5.78 Å². The molecule has 0 radical (unpaired) electrons. The molecule has 0 aromatic heterocycles. The predicted octanol–water partition coefficient (Wildman–Crippen LogP) is 4.27. The molecule has 0 heterocycles. The van der Waals surface area contributed by atoms with Crippen molar-refractivity contribution in [2.24, 2.45) is 5.41 Å². The van der Waals surface area contributed by atoms with Gasteiger partial charge in [-0.1, -0.05) is 18.2 Å². The van der Waals surface area contributed by atoms with Crippen LogP contribution < -0.4 is 10.6 Å². The fraction of sp³-hybridized carbons (Fsp3) is 0.250. The van der Waals surface area contributed by atoms with E-state index in [1.54, 1.807) is 18.2 Å². The van der Waals surface area contributed by atoms with Crippen LogP contribution in [0.3, 0.4) is 0 Å². The Bertz CT molecular complexity index is 950. The smallest absolute Gasteiger partial charge is 0.325 e. The second-order valence-electron chi connectivity index (χ2n) is 6.71. The van der Waals surface area contributed by atoms with Gasteiger partial charge in [-0.3, -0.25) is 14.4 Å². The van der Waals surface area contributed by atoms with Crippen molar-refractivity contribution in [3.8, 4) is 0 Å². The van der Waals surface area contributed by atoms with Gasteiger partial charge >= 0.3 is 6.18 Å². The van der Waals surface area contributed by atoms with E-state index >= 15 is 0 Å². The van der Waals surface area contributed by atoms with Crippen molar-refractivity contribution in [1.82, 2.24) is 0 Å². The monoisotopic (exact) mass is 390 g/mol. The number of anilines is 2. The summed E-state index contributed by atoms with van der Waals surface area (Å²) in [6.07, 6.45) is -3.96. The first-order valence-corrected chi connectivity index (χ1v) is 8.53. The molecule has 0 bridgehead atoms. The molecular formula is C20H17F3N2O3. The number of halogens is 3. The van der Waals surface area contributed by atoms with Gasteiger partial charge in [-0.25, -0.2) is 0 Å². The normalized spacial score (nSPS) is 14.9. The molecule has 2 N–H and O–H groups in total. The van der Waals surface area contributed by atoms with E-state index < -0.39 is 29.0 Å². The predicted molar refractivity (Wildman–Crippen MR) is 96.8 cm³/mol. The lowest BCUT2D eigenvalue weighted by atomic mass is 10.0. The first-order chi connectivity index (χ1) is 13.1. The van der Waals surface area contributed by atoms with Crippen LogP contribution in [-0.4, -0.2) is 17.6 Å². The standard InChI is InChI=1S/C20H17F3N2O3/c1-12(26)13-4-2-6-15(10-13)24-17(27)19(8-9-19)18(28)25-16-7-3-5-14(11-16)20(21,22)23/h2-7,10-11H,8-9H2,1H3,(H,24,27)(H,25,28). The molecule has 0 aliphatic heterocycles. The molecule has 0 atom stereocenters. The number of rotatable bonds is 5. The molecule has 2 aromatic carbocycles. The molecule has 1 aliphatic rings. The summed E-state index contributed by atoms with van der Waals surface area (Å²) in [5, 5.41) is 5.01. The summed E-state index contributed by atoms with van der Waals surface area (Å²) in [5.74, 6) is -1.38. The minimum Gasteiger partial charge on any atom is -0.325 e. The van der Waals surface area contributed by atoms with E-state index in [0.717, 1.165) is 12.1 Å². The van der Waals surface area contributed by atoms with E-state index in [4.69, 9.17) is 0 Å². The van der Waals surface area contributed by atoms with Crippen LogP contribution in [0.15, 0.2) is 48.5 Å². The molecule has 0 spiro atoms. The highest BCUT2D eigenvalue weighted by Gasteiger charge is 2.56. The van der Waals surface area contributed by atoms with Crippen molar-refractivity contribution in [3.63, 3.8) is 0 Å². The number of hydrogen-bond donors (Lipinski definition) is 2. The quantitative estimate of drug-likeness (QED) is 0.592. The van der Waals surface area contributed by atoms with Crippen molar-refractivity contribution >= 4 is 29.0 Å². The number of nitrogens with one attached hydrogen (secondary N) is 2. The van der Waals surface area contributed by atoms with E-state index in [0.29, 0.717) is 11.3 Å². The van der Waals surface area contributed by atoms with Crippen LogP contribution in [0.2, 0.25) is 0 Å². The van der Waals surface area contributed by atoms with Crippen molar-refractivity contribution in [2.45, 2.75) is 25.9 Å². The molecule has 146 valence electrons. The van der Waals surface area contributed by atoms with E-state index in [-0.39, 0.29) is 24.3 Å². The van der Waals surface area contributed by atoms with Crippen molar-refractivity contribution < 1.29 is 27.6 Å². The summed E-state index contributed by atoms with van der Waals surface area (Å²) >= 11 is 0. The number of ketones is 1. The van der Waals surface area contributed by atoms with E-state index in [2.05, 4.69) is 10.6 Å². The van der Waals surface area contributed by atoms with Crippen LogP contribution in [0, 0.1) is 5.41 Å². The van der Waals surface area contributed by atoms with Gasteiger partial charge in [0.05, 0.1) is 5.56 Å². The second kappa shape index (κ2) is 7.10. The fourth-order valence-corrected chi connectivity index (χ4v) is 2.77. The summed E-state index contributed by atoms with van der Waals surface area (Å²) in [5.41, 5.74) is -1.47. The lowest BCUT2D eigenvalue weighted by Crippen LogP contribution is -2.35. The third kappa shape index (κ3) is 4.05. The third-order valence-corrected chi connectivity index (χ3v) is 4.59. The second-order valence-corrected chi connectivity index (χ2v) is 6.71. The molecule has 1 aliphatic carbocycles. The average molecular weight is 390 g/mol. The van der Waals surface area contributed by atoms with Crippen molar-refractivity contribution in [3.05, 3.63) is 59.7 Å². The Labute approximate surface area is 158 Å². The molecule has 28 heavy (non-hydrogen) atoms. The van der Waals surface area contributed by atoms with Crippen molar-refractivity contribution in [2.75, 3.05) is 10.6 Å². The molecular weight excluding hydrogens is 373 g/mol. The largest absolute Gasteiger partial charge is 0.416 e. The Morgan fingerprint density at radius 2 is 1.43 bits per heavy atom. The number of Topliss-reactive ketones (excluding diaryl/α,β-unsaturated/α-hetero) is 1. The van der Waals surface area contributed by atoms with E-state index in [9.17, 15) is 27.6 Å². The lowest BCUT2D eigenvalue weighted by molar-refractivity contribution is -0.137. The number of carbonyl (C=O) groups is 3. The van der Waals surface area contributed by atoms with E-state index in [1.165, 1.54) is 25.1 Å². The molecule has 0 saturated heterocycles. The van der Waals surface area contributed by atoms with Crippen LogP contribution in [0.5, 0.6) is 0 Å². The highest BCUT2D eigenvalue weighted by atomic mass is 19.4. The Hall–Kier alpha value is -3.16. The highest BCUT2D eigenvalue weighted by molar-refractivity contribution is 6.17. The summed E-state index contributed by atoms with van der Waals surface area (Å²) in [6, 6.07) is 10.5. The van der Waals surface area contributed by atoms with Crippen LogP contribution in [-0.2, 0) is 15.8 Å². The fourth-order valence-electron chi connectivity index (χ4n) is 2.77. The molecule has 8 heteroatoms. The molecule has 2 amide bonds. The van der Waals surface area contributed by atoms with Gasteiger partial charge in [0.25, 0.3) is 0 Å². The molecule has 2 aromatic rings. The Morgan fingerprint density at radius 1 is 0.893 bits per heavy atom. The van der Waals surface area contributed by atoms with E-state index in [1.807, 2.05) is 0 Å². The summed E-state index contributed by atoms with van der Waals surface area (Å²) in [6.45, 7) is 1.39. The zero-order valence-corrected chi connectivity index (χ0v) is 14.9. The Morgan fingerprint density at radius 3 is 1.93 bits per heavy atom. The van der Waals surface area contributed by atoms with Gasteiger partial charge in [-0.15, -0.1) is 0 Å². The topological polar surface area (TPSA) is 75.3 Å². The highest BCUT2D eigenvalue weighted by Crippen LogP contribution is 2.47. The molecule has 1 saturated carbocycles. The number of hydrogen-bond acceptors (Lipinski definition) is 3. The van der Waals surface area contributed by atoms with Crippen LogP contribution in [0.1, 0.15) is 35.7 Å². The summed E-state index contributed by atoms with van der Waals surface area (Å²) < 4.78 is 38.4. The third-order valence-electron chi connectivity index (χ3n) is 4.59. The maximum absolute atomic E-state index is 12.8. The maximum atomic E-state index is 12.8. The van der Waals surface area contributed by atoms with Crippen molar-refractivity contribution in [1.29, 1.82) is 0 Å². The minimum atomic E-state index is -4.53. The van der Waals surface area contributed by atoms with Crippen LogP contribution in [0.4, 0.5) is 24.5 Å².